The van der Waals surface area contributed by atoms with E-state index in [0.29, 0.717) is 18.6 Å². The molecule has 6 nitrogen and oxygen atoms in total. The molecule has 1 aliphatic heterocycles. The highest BCUT2D eigenvalue weighted by Gasteiger charge is 2.25. The fourth-order valence-electron chi connectivity index (χ4n) is 6.22. The zero-order valence-corrected chi connectivity index (χ0v) is 22.3. The second-order valence-corrected chi connectivity index (χ2v) is 11.2. The number of anilines is 1. The summed E-state index contributed by atoms with van der Waals surface area (Å²) in [5.41, 5.74) is 6.78. The molecule has 1 aliphatic carbocycles. The maximum atomic E-state index is 9.37. The Morgan fingerprint density at radius 1 is 0.944 bits per heavy atom. The minimum Gasteiger partial charge on any atom is -0.396 e. The number of hydrogen-bond donors (Lipinski definition) is 2. The molecule has 1 saturated carbocycles. The van der Waals surface area contributed by atoms with E-state index in [1.165, 1.54) is 62.1 Å². The van der Waals surface area contributed by atoms with E-state index in [0.717, 1.165) is 54.4 Å². The van der Waals surface area contributed by atoms with Crippen LogP contribution in [0.5, 0.6) is 0 Å². The summed E-state index contributed by atoms with van der Waals surface area (Å²) >= 11 is 0. The van der Waals surface area contributed by atoms with Crippen molar-refractivity contribution in [3.05, 3.63) is 53.0 Å². The molecule has 1 aromatic carbocycles. The molecular weight excluding hydrogens is 446 g/mol. The van der Waals surface area contributed by atoms with Gasteiger partial charge in [0.05, 0.1) is 6.54 Å². The number of aromatic nitrogens is 3. The summed E-state index contributed by atoms with van der Waals surface area (Å²) in [5, 5.41) is 13.2. The molecule has 0 bridgehead atoms. The monoisotopic (exact) mass is 489 g/mol. The lowest BCUT2D eigenvalue weighted by molar-refractivity contribution is 0.111. The number of aliphatic hydroxyl groups is 1. The van der Waals surface area contributed by atoms with Crippen LogP contribution in [-0.2, 0) is 13.0 Å². The van der Waals surface area contributed by atoms with Gasteiger partial charge in [0.2, 0.25) is 0 Å². The number of benzene rings is 1. The molecule has 0 radical (unpaired) electrons. The average Bonchev–Trinajstić information content (AvgIpc) is 3.24. The lowest BCUT2D eigenvalue weighted by atomic mass is 9.85. The van der Waals surface area contributed by atoms with Crippen molar-refractivity contribution in [2.24, 2.45) is 11.8 Å². The molecule has 5 rings (SSSR count). The summed E-state index contributed by atoms with van der Waals surface area (Å²) in [4.78, 5) is 12.3. The second kappa shape index (κ2) is 11.3. The van der Waals surface area contributed by atoms with E-state index in [4.69, 9.17) is 9.97 Å². The first-order chi connectivity index (χ1) is 17.5. The number of aliphatic hydroxyl groups excluding tert-OH is 1. The topological polar surface area (TPSA) is 66.2 Å². The number of pyridine rings is 1. The largest absolute Gasteiger partial charge is 0.396 e. The van der Waals surface area contributed by atoms with Crippen LogP contribution in [0.15, 0.2) is 30.3 Å². The van der Waals surface area contributed by atoms with Gasteiger partial charge in [0, 0.05) is 37.0 Å². The van der Waals surface area contributed by atoms with Crippen LogP contribution in [0.4, 0.5) is 5.69 Å². The van der Waals surface area contributed by atoms with Gasteiger partial charge in [0.15, 0.2) is 5.65 Å². The maximum absolute atomic E-state index is 9.37. The van der Waals surface area contributed by atoms with Gasteiger partial charge in [-0.1, -0.05) is 19.1 Å². The lowest BCUT2D eigenvalue weighted by Crippen LogP contribution is -2.39. The Hall–Kier alpha value is -2.44. The van der Waals surface area contributed by atoms with E-state index >= 15 is 0 Å². The summed E-state index contributed by atoms with van der Waals surface area (Å²) in [6.45, 7) is 11.1. The Morgan fingerprint density at radius 3 is 2.33 bits per heavy atom. The molecule has 3 heterocycles. The van der Waals surface area contributed by atoms with E-state index in [1.54, 1.807) is 0 Å². The summed E-state index contributed by atoms with van der Waals surface area (Å²) in [6, 6.07) is 11.7. The quantitative estimate of drug-likeness (QED) is 0.447. The van der Waals surface area contributed by atoms with Gasteiger partial charge in [-0.15, -0.1) is 0 Å². The zero-order valence-electron chi connectivity index (χ0n) is 22.3. The number of nitrogens with zero attached hydrogens (tertiary/aromatic N) is 4. The Labute approximate surface area is 216 Å². The van der Waals surface area contributed by atoms with Crippen LogP contribution in [0.2, 0.25) is 0 Å². The van der Waals surface area contributed by atoms with Crippen LogP contribution < -0.4 is 5.32 Å². The van der Waals surface area contributed by atoms with E-state index < -0.39 is 0 Å². The third-order valence-electron chi connectivity index (χ3n) is 8.41. The predicted octanol–water partition coefficient (Wildman–Crippen LogP) is 5.33. The number of likely N-dealkylation sites (tertiary alicyclic amines) is 1. The van der Waals surface area contributed by atoms with E-state index in [2.05, 4.69) is 65.9 Å². The summed E-state index contributed by atoms with van der Waals surface area (Å²) < 4.78 is 2.28. The highest BCUT2D eigenvalue weighted by atomic mass is 16.3. The standard InChI is InChI=1S/C30H43N5O/c1-4-28-33-29-21(2)17-22(3)31-30(29)35(28)19-24-7-11-27(12-8-24)32-26-9-5-23(6-10-26)18-34-15-13-25(20-36)14-16-34/h7-8,11-12,17,23,25-26,32,36H,4-6,9-10,13-16,18-20H2,1-3H3. The first kappa shape index (κ1) is 25.2. The van der Waals surface area contributed by atoms with Crippen LogP contribution >= 0.6 is 0 Å². The zero-order chi connectivity index (χ0) is 25.1. The molecule has 0 spiro atoms. The number of nitrogens with one attached hydrogen (secondary N) is 1. The number of rotatable bonds is 8. The van der Waals surface area contributed by atoms with Crippen molar-refractivity contribution in [2.75, 3.05) is 31.6 Å². The third-order valence-corrected chi connectivity index (χ3v) is 8.41. The average molecular weight is 490 g/mol. The minimum absolute atomic E-state index is 0.364. The SMILES string of the molecule is CCc1nc2c(C)cc(C)nc2n1Cc1ccc(NC2CCC(CN3CCC(CO)CC3)CC2)cc1. The maximum Gasteiger partial charge on any atom is 0.160 e. The smallest absolute Gasteiger partial charge is 0.160 e. The van der Waals surface area contributed by atoms with Gasteiger partial charge in [-0.25, -0.2) is 9.97 Å². The number of fused-ring (bicyclic) bond motifs is 1. The Kier molecular flexibility index (Phi) is 7.92. The van der Waals surface area contributed by atoms with E-state index in [1.807, 2.05) is 0 Å². The van der Waals surface area contributed by atoms with Crippen LogP contribution in [-0.4, -0.2) is 56.8 Å². The van der Waals surface area contributed by atoms with Crippen LogP contribution in [0.1, 0.15) is 68.1 Å². The number of hydrogen-bond acceptors (Lipinski definition) is 5. The molecule has 2 aliphatic rings. The Morgan fingerprint density at radius 2 is 1.67 bits per heavy atom. The van der Waals surface area contributed by atoms with Gasteiger partial charge < -0.3 is 19.9 Å². The van der Waals surface area contributed by atoms with Crippen molar-refractivity contribution >= 4 is 16.9 Å². The highest BCUT2D eigenvalue weighted by Crippen LogP contribution is 2.29. The summed E-state index contributed by atoms with van der Waals surface area (Å²) in [6.07, 6.45) is 8.36. The van der Waals surface area contributed by atoms with Crippen LogP contribution in [0.3, 0.4) is 0 Å². The third kappa shape index (κ3) is 5.76. The summed E-state index contributed by atoms with van der Waals surface area (Å²) in [7, 11) is 0. The van der Waals surface area contributed by atoms with Gasteiger partial charge >= 0.3 is 0 Å². The Bertz CT molecular complexity index is 1140. The van der Waals surface area contributed by atoms with Gasteiger partial charge in [-0.2, -0.15) is 0 Å². The lowest BCUT2D eigenvalue weighted by Gasteiger charge is -2.36. The molecule has 6 heteroatoms. The fourth-order valence-corrected chi connectivity index (χ4v) is 6.22. The number of imidazole rings is 1. The van der Waals surface area contributed by atoms with Crippen molar-refractivity contribution in [1.82, 2.24) is 19.4 Å². The van der Waals surface area contributed by atoms with Crippen molar-refractivity contribution in [2.45, 2.75) is 78.3 Å². The number of piperidine rings is 1. The normalized spacial score (nSPS) is 21.8. The Balaban J connectivity index is 1.14. The predicted molar refractivity (Wildman–Crippen MR) is 148 cm³/mol. The molecule has 36 heavy (non-hydrogen) atoms. The van der Waals surface area contributed by atoms with Gasteiger partial charge in [0.25, 0.3) is 0 Å². The van der Waals surface area contributed by atoms with Crippen molar-refractivity contribution in [3.63, 3.8) is 0 Å². The van der Waals surface area contributed by atoms with Gasteiger partial charge in [-0.05, 0) is 107 Å². The molecule has 3 aromatic rings. The van der Waals surface area contributed by atoms with Gasteiger partial charge in [0.1, 0.15) is 11.3 Å². The molecule has 2 aromatic heterocycles. The molecule has 2 fully saturated rings. The van der Waals surface area contributed by atoms with Gasteiger partial charge in [-0.3, -0.25) is 0 Å². The minimum atomic E-state index is 0.364. The van der Waals surface area contributed by atoms with Crippen LogP contribution in [0.25, 0.3) is 11.2 Å². The highest BCUT2D eigenvalue weighted by molar-refractivity contribution is 5.76. The van der Waals surface area contributed by atoms with Crippen molar-refractivity contribution in [3.8, 4) is 0 Å². The second-order valence-electron chi connectivity index (χ2n) is 11.2. The molecule has 1 saturated heterocycles. The van der Waals surface area contributed by atoms with E-state index in [-0.39, 0.29) is 0 Å². The van der Waals surface area contributed by atoms with Crippen molar-refractivity contribution in [1.29, 1.82) is 0 Å². The molecule has 194 valence electrons. The van der Waals surface area contributed by atoms with Crippen molar-refractivity contribution < 1.29 is 5.11 Å². The first-order valence-corrected chi connectivity index (χ1v) is 14.0. The molecule has 2 N–H and O–H groups in total. The molecule has 0 unspecified atom stereocenters. The van der Waals surface area contributed by atoms with Crippen LogP contribution in [0, 0.1) is 25.7 Å². The fraction of sp³-hybridized carbons (Fsp3) is 0.600. The molecule has 0 amide bonds. The summed E-state index contributed by atoms with van der Waals surface area (Å²) in [5.74, 6) is 2.46. The number of aryl methyl sites for hydroxylation is 3. The molecular formula is C30H43N5O. The van der Waals surface area contributed by atoms with E-state index in [9.17, 15) is 5.11 Å². The molecule has 0 atom stereocenters. The first-order valence-electron chi connectivity index (χ1n) is 14.0.